The number of amides is 1. The van der Waals surface area contributed by atoms with Crippen molar-refractivity contribution in [1.29, 1.82) is 0 Å². The number of unbranched alkanes of at least 4 members (excludes halogenated alkanes) is 12. The number of benzene rings is 1. The van der Waals surface area contributed by atoms with Crippen LogP contribution in [0.1, 0.15) is 116 Å². The highest BCUT2D eigenvalue weighted by Gasteiger charge is 2.25. The molecule has 0 saturated carbocycles. The van der Waals surface area contributed by atoms with Crippen LogP contribution in [0.4, 0.5) is 4.39 Å². The van der Waals surface area contributed by atoms with Gasteiger partial charge >= 0.3 is 0 Å². The molecule has 0 spiro atoms. The van der Waals surface area contributed by atoms with Crippen molar-refractivity contribution in [2.24, 2.45) is 0 Å². The lowest BCUT2D eigenvalue weighted by Gasteiger charge is -2.38. The molecule has 0 fully saturated rings. The number of likely N-dealkylation sites (N-methyl/N-ethyl adjacent to an activating group) is 2. The maximum absolute atomic E-state index is 13.3. The van der Waals surface area contributed by atoms with Gasteiger partial charge in [0.15, 0.2) is 0 Å². The Balaban J connectivity index is 0.0000116. The van der Waals surface area contributed by atoms with E-state index < -0.39 is 0 Å². The summed E-state index contributed by atoms with van der Waals surface area (Å²) in [5.41, 5.74) is 1.16. The molecule has 0 aromatic heterocycles. The Morgan fingerprint density at radius 1 is 0.771 bits per heavy atom. The molecule has 204 valence electrons. The largest absolute Gasteiger partial charge is 0.340 e. The van der Waals surface area contributed by atoms with Gasteiger partial charge in [0.2, 0.25) is 5.91 Å². The first-order chi connectivity index (χ1) is 16.5. The minimum Gasteiger partial charge on any atom is -0.340 e. The van der Waals surface area contributed by atoms with Crippen LogP contribution < -0.4 is 0 Å². The van der Waals surface area contributed by atoms with Gasteiger partial charge < -0.3 is 9.38 Å². The predicted molar refractivity (Wildman–Crippen MR) is 155 cm³/mol. The monoisotopic (exact) mass is 557 g/mol. The molecule has 0 aliphatic carbocycles. The minimum absolute atomic E-state index is 0. The standard InChI is InChI=1S/C30H54FN2O.BrH/c1-5-8-9-10-11-12-13-14-15-16-17-18-19-20-30(34)32(4)25-26-33(6-2,7-3)27-28-21-23-29(31)24-22-28;/h21-24H,5-20,25-27H2,1-4H3;1H/q+1;. The fourth-order valence-corrected chi connectivity index (χ4v) is 4.79. The summed E-state index contributed by atoms with van der Waals surface area (Å²) in [6.45, 7) is 11.3. The highest BCUT2D eigenvalue weighted by molar-refractivity contribution is 8.93. The summed E-state index contributed by atoms with van der Waals surface area (Å²) >= 11 is 0. The van der Waals surface area contributed by atoms with Crippen LogP contribution in [-0.2, 0) is 11.3 Å². The van der Waals surface area contributed by atoms with Gasteiger partial charge in [0, 0.05) is 19.0 Å². The topological polar surface area (TPSA) is 20.3 Å². The average Bonchev–Trinajstić information content (AvgIpc) is 2.85. The SMILES string of the molecule is Br.CCCCCCCCCCCCCCCC(=O)N(C)CC[N+](CC)(CC)Cc1ccc(F)cc1. The maximum Gasteiger partial charge on any atom is 0.222 e. The molecule has 1 aromatic rings. The number of rotatable bonds is 21. The number of quaternary nitrogens is 1. The number of hydrogen-bond acceptors (Lipinski definition) is 1. The molecule has 0 aliphatic rings. The van der Waals surface area contributed by atoms with E-state index in [9.17, 15) is 9.18 Å². The Hall–Kier alpha value is -0.940. The van der Waals surface area contributed by atoms with Crippen molar-refractivity contribution in [3.8, 4) is 0 Å². The Morgan fingerprint density at radius 2 is 1.23 bits per heavy atom. The second kappa shape index (κ2) is 21.2. The lowest BCUT2D eigenvalue weighted by molar-refractivity contribution is -0.937. The summed E-state index contributed by atoms with van der Waals surface area (Å²) in [5, 5.41) is 0. The predicted octanol–water partition coefficient (Wildman–Crippen LogP) is 8.70. The maximum atomic E-state index is 13.3. The van der Waals surface area contributed by atoms with Gasteiger partial charge in [-0.1, -0.05) is 96.1 Å². The summed E-state index contributed by atoms with van der Waals surface area (Å²) in [4.78, 5) is 14.5. The van der Waals surface area contributed by atoms with Crippen LogP contribution in [0, 0.1) is 5.82 Å². The third-order valence-electron chi connectivity index (χ3n) is 7.60. The molecule has 0 saturated heterocycles. The summed E-state index contributed by atoms with van der Waals surface area (Å²) in [5.74, 6) is 0.0866. The number of hydrogen-bond donors (Lipinski definition) is 0. The van der Waals surface area contributed by atoms with Crippen molar-refractivity contribution >= 4 is 22.9 Å². The summed E-state index contributed by atoms with van der Waals surface area (Å²) in [6.07, 6.45) is 17.9. The highest BCUT2D eigenvalue weighted by Crippen LogP contribution is 2.16. The fraction of sp³-hybridized carbons (Fsp3) is 0.767. The highest BCUT2D eigenvalue weighted by atomic mass is 79.9. The van der Waals surface area contributed by atoms with E-state index >= 15 is 0 Å². The molecule has 5 heteroatoms. The molecular weight excluding hydrogens is 503 g/mol. The van der Waals surface area contributed by atoms with E-state index in [1.54, 1.807) is 12.1 Å². The van der Waals surface area contributed by atoms with Gasteiger partial charge in [0.05, 0.1) is 26.2 Å². The summed E-state index contributed by atoms with van der Waals surface area (Å²) in [6, 6.07) is 6.86. The first kappa shape index (κ1) is 34.1. The first-order valence-corrected chi connectivity index (χ1v) is 14.3. The van der Waals surface area contributed by atoms with Crippen molar-refractivity contribution in [2.45, 2.75) is 117 Å². The zero-order chi connectivity index (χ0) is 25.1. The van der Waals surface area contributed by atoms with E-state index in [4.69, 9.17) is 0 Å². The summed E-state index contributed by atoms with van der Waals surface area (Å²) < 4.78 is 14.2. The molecule has 3 nitrogen and oxygen atoms in total. The van der Waals surface area contributed by atoms with Gasteiger partial charge in [-0.25, -0.2) is 4.39 Å². The quantitative estimate of drug-likeness (QED) is 0.109. The lowest BCUT2D eigenvalue weighted by atomic mass is 10.0. The Morgan fingerprint density at radius 3 is 1.69 bits per heavy atom. The zero-order valence-electron chi connectivity index (χ0n) is 23.3. The van der Waals surface area contributed by atoms with E-state index in [0.717, 1.165) is 49.2 Å². The molecular formula is C30H55BrFN2O+. The van der Waals surface area contributed by atoms with Crippen molar-refractivity contribution in [2.75, 3.05) is 33.2 Å². The van der Waals surface area contributed by atoms with Crippen LogP contribution in [0.25, 0.3) is 0 Å². The first-order valence-electron chi connectivity index (χ1n) is 14.3. The average molecular weight is 559 g/mol. The van der Waals surface area contributed by atoms with Crippen LogP contribution in [0.15, 0.2) is 24.3 Å². The van der Waals surface area contributed by atoms with Crippen LogP contribution in [0.5, 0.6) is 0 Å². The van der Waals surface area contributed by atoms with E-state index in [1.807, 2.05) is 24.1 Å². The van der Waals surface area contributed by atoms with E-state index in [0.29, 0.717) is 6.42 Å². The van der Waals surface area contributed by atoms with Crippen LogP contribution >= 0.6 is 17.0 Å². The Kier molecular flexibility index (Phi) is 20.6. The Labute approximate surface area is 227 Å². The van der Waals surface area contributed by atoms with Gasteiger partial charge in [-0.2, -0.15) is 0 Å². The van der Waals surface area contributed by atoms with Crippen molar-refractivity contribution in [3.05, 3.63) is 35.6 Å². The molecule has 0 N–H and O–H groups in total. The van der Waals surface area contributed by atoms with Crippen molar-refractivity contribution < 1.29 is 13.7 Å². The second-order valence-corrected chi connectivity index (χ2v) is 10.3. The number of carbonyl (C=O) groups excluding carboxylic acids is 1. The molecule has 0 unspecified atom stereocenters. The fourth-order valence-electron chi connectivity index (χ4n) is 4.79. The van der Waals surface area contributed by atoms with Gasteiger partial charge in [-0.15, -0.1) is 17.0 Å². The number of nitrogens with zero attached hydrogens (tertiary/aromatic N) is 2. The van der Waals surface area contributed by atoms with E-state index in [2.05, 4.69) is 20.8 Å². The number of carbonyl (C=O) groups is 1. The van der Waals surface area contributed by atoms with Gasteiger partial charge in [0.1, 0.15) is 12.4 Å². The Bertz CT molecular complexity index is 634. The van der Waals surface area contributed by atoms with Gasteiger partial charge in [-0.05, 0) is 32.4 Å². The molecule has 0 bridgehead atoms. The van der Waals surface area contributed by atoms with Crippen LogP contribution in [0.2, 0.25) is 0 Å². The number of halogens is 2. The van der Waals surface area contributed by atoms with Gasteiger partial charge in [-0.3, -0.25) is 4.79 Å². The summed E-state index contributed by atoms with van der Waals surface area (Å²) in [7, 11) is 1.95. The normalized spacial score (nSPS) is 11.3. The van der Waals surface area contributed by atoms with E-state index in [1.165, 1.54) is 77.0 Å². The third kappa shape index (κ3) is 15.7. The van der Waals surface area contributed by atoms with E-state index in [-0.39, 0.29) is 28.7 Å². The molecule has 0 atom stereocenters. The molecule has 0 aliphatic heterocycles. The van der Waals surface area contributed by atoms with Crippen molar-refractivity contribution in [3.63, 3.8) is 0 Å². The molecule has 1 amide bonds. The van der Waals surface area contributed by atoms with Gasteiger partial charge in [0.25, 0.3) is 0 Å². The van der Waals surface area contributed by atoms with Crippen LogP contribution in [0.3, 0.4) is 0 Å². The molecule has 1 aromatic carbocycles. The van der Waals surface area contributed by atoms with Crippen molar-refractivity contribution in [1.82, 2.24) is 4.90 Å². The molecule has 35 heavy (non-hydrogen) atoms. The molecule has 1 rings (SSSR count). The zero-order valence-corrected chi connectivity index (χ0v) is 25.0. The third-order valence-corrected chi connectivity index (χ3v) is 7.60. The lowest BCUT2D eigenvalue weighted by Crippen LogP contribution is -2.51. The minimum atomic E-state index is -0.187. The van der Waals surface area contributed by atoms with Crippen LogP contribution in [-0.4, -0.2) is 48.5 Å². The molecule has 0 radical (unpaired) electrons. The second-order valence-electron chi connectivity index (χ2n) is 10.3. The molecule has 0 heterocycles. The smallest absolute Gasteiger partial charge is 0.222 e.